The van der Waals surface area contributed by atoms with Crippen LogP contribution in [0.4, 0.5) is 0 Å². The third-order valence-electron chi connectivity index (χ3n) is 4.25. The highest BCUT2D eigenvalue weighted by molar-refractivity contribution is 5.27. The first-order valence-corrected chi connectivity index (χ1v) is 9.77. The van der Waals surface area contributed by atoms with Crippen molar-refractivity contribution in [3.8, 4) is 5.75 Å². The average Bonchev–Trinajstić information content (AvgIpc) is 2.62. The second-order valence-electron chi connectivity index (χ2n) is 6.45. The zero-order valence-electron chi connectivity index (χ0n) is 15.6. The molecule has 138 valence electrons. The Bertz CT molecular complexity index is 389. The molecule has 1 aromatic rings. The van der Waals surface area contributed by atoms with Gasteiger partial charge in [-0.2, -0.15) is 0 Å². The van der Waals surface area contributed by atoms with Gasteiger partial charge < -0.3 is 14.6 Å². The Morgan fingerprint density at radius 3 is 2.08 bits per heavy atom. The lowest BCUT2D eigenvalue weighted by Crippen LogP contribution is -2.15. The van der Waals surface area contributed by atoms with Crippen LogP contribution in [0.1, 0.15) is 77.2 Å². The highest BCUT2D eigenvalue weighted by Crippen LogP contribution is 2.15. The average molecular weight is 337 g/mol. The molecule has 0 bridgehead atoms. The number of rotatable bonds is 15. The lowest BCUT2D eigenvalue weighted by atomic mass is 10.0. The van der Waals surface area contributed by atoms with Crippen LogP contribution >= 0.6 is 0 Å². The molecule has 24 heavy (non-hydrogen) atoms. The predicted octanol–water partition coefficient (Wildman–Crippen LogP) is 5.49. The van der Waals surface area contributed by atoms with Crippen LogP contribution in [0.5, 0.6) is 5.75 Å². The monoisotopic (exact) mass is 336 g/mol. The molecular weight excluding hydrogens is 300 g/mol. The standard InChI is InChI=1S/C21H36O3/c1-3-5-6-7-8-9-10-11-12-19-13-15-20(16-14-19)23-17-18-24-21(22)4-2/h13-16,21-22H,3-12,17-18H2,1-2H3. The van der Waals surface area contributed by atoms with E-state index in [2.05, 4.69) is 19.1 Å². The fourth-order valence-electron chi connectivity index (χ4n) is 2.68. The van der Waals surface area contributed by atoms with E-state index in [4.69, 9.17) is 9.47 Å². The van der Waals surface area contributed by atoms with Gasteiger partial charge >= 0.3 is 0 Å². The summed E-state index contributed by atoms with van der Waals surface area (Å²) in [6.45, 7) is 5.03. The third kappa shape index (κ3) is 10.7. The van der Waals surface area contributed by atoms with Gasteiger partial charge in [-0.25, -0.2) is 0 Å². The van der Waals surface area contributed by atoms with Gasteiger partial charge in [0.25, 0.3) is 0 Å². The van der Waals surface area contributed by atoms with Crippen LogP contribution in [-0.4, -0.2) is 24.6 Å². The van der Waals surface area contributed by atoms with Gasteiger partial charge in [-0.1, -0.05) is 70.9 Å². The number of hydrogen-bond donors (Lipinski definition) is 1. The maximum Gasteiger partial charge on any atom is 0.154 e. The first-order valence-electron chi connectivity index (χ1n) is 9.77. The Morgan fingerprint density at radius 1 is 0.833 bits per heavy atom. The van der Waals surface area contributed by atoms with Gasteiger partial charge in [0.05, 0.1) is 6.61 Å². The molecule has 0 aliphatic heterocycles. The zero-order chi connectivity index (χ0) is 17.5. The summed E-state index contributed by atoms with van der Waals surface area (Å²) in [4.78, 5) is 0. The van der Waals surface area contributed by atoms with Crippen molar-refractivity contribution < 1.29 is 14.6 Å². The molecule has 0 spiro atoms. The van der Waals surface area contributed by atoms with Gasteiger partial charge in [0.2, 0.25) is 0 Å². The van der Waals surface area contributed by atoms with Gasteiger partial charge in [-0.05, 0) is 37.0 Å². The fourth-order valence-corrected chi connectivity index (χ4v) is 2.68. The van der Waals surface area contributed by atoms with Gasteiger partial charge in [-0.15, -0.1) is 0 Å². The molecule has 3 heteroatoms. The van der Waals surface area contributed by atoms with E-state index in [0.717, 1.165) is 12.2 Å². The van der Waals surface area contributed by atoms with Crippen molar-refractivity contribution >= 4 is 0 Å². The number of aliphatic hydroxyl groups excluding tert-OH is 1. The first kappa shape index (κ1) is 21.0. The van der Waals surface area contributed by atoms with Crippen LogP contribution in [0.15, 0.2) is 24.3 Å². The van der Waals surface area contributed by atoms with E-state index < -0.39 is 6.29 Å². The topological polar surface area (TPSA) is 38.7 Å². The molecule has 0 aliphatic rings. The maximum atomic E-state index is 9.29. The lowest BCUT2D eigenvalue weighted by molar-refractivity contribution is -0.106. The van der Waals surface area contributed by atoms with Crippen molar-refractivity contribution in [2.45, 2.75) is 84.3 Å². The minimum absolute atomic E-state index is 0.412. The number of unbranched alkanes of at least 4 members (excludes halogenated alkanes) is 7. The molecule has 0 aromatic heterocycles. The maximum absolute atomic E-state index is 9.29. The van der Waals surface area contributed by atoms with Crippen LogP contribution in [0.3, 0.4) is 0 Å². The van der Waals surface area contributed by atoms with Crippen molar-refractivity contribution in [3.63, 3.8) is 0 Å². The quantitative estimate of drug-likeness (QED) is 0.340. The fraction of sp³-hybridized carbons (Fsp3) is 0.714. The van der Waals surface area contributed by atoms with Crippen molar-refractivity contribution in [2.75, 3.05) is 13.2 Å². The van der Waals surface area contributed by atoms with Crippen LogP contribution in [-0.2, 0) is 11.2 Å². The smallest absolute Gasteiger partial charge is 0.154 e. The number of ether oxygens (including phenoxy) is 2. The molecule has 0 aliphatic carbocycles. The summed E-state index contributed by atoms with van der Waals surface area (Å²) in [5, 5.41) is 9.29. The minimum atomic E-state index is -0.678. The molecule has 0 radical (unpaired) electrons. The van der Waals surface area contributed by atoms with E-state index in [-0.39, 0.29) is 0 Å². The molecular formula is C21H36O3. The van der Waals surface area contributed by atoms with Crippen LogP contribution < -0.4 is 4.74 Å². The molecule has 0 amide bonds. The van der Waals surface area contributed by atoms with E-state index >= 15 is 0 Å². The van der Waals surface area contributed by atoms with Crippen LogP contribution in [0.2, 0.25) is 0 Å². The molecule has 1 rings (SSSR count). The molecule has 1 aromatic carbocycles. The number of benzene rings is 1. The van der Waals surface area contributed by atoms with E-state index in [1.54, 1.807) is 0 Å². The Balaban J connectivity index is 2.05. The van der Waals surface area contributed by atoms with Crippen molar-refractivity contribution in [3.05, 3.63) is 29.8 Å². The highest BCUT2D eigenvalue weighted by atomic mass is 16.6. The molecule has 3 nitrogen and oxygen atoms in total. The normalized spacial score (nSPS) is 12.3. The molecule has 0 saturated heterocycles. The van der Waals surface area contributed by atoms with Gasteiger partial charge in [0, 0.05) is 0 Å². The Hall–Kier alpha value is -1.06. The Morgan fingerprint density at radius 2 is 1.46 bits per heavy atom. The van der Waals surface area contributed by atoms with Gasteiger partial charge in [-0.3, -0.25) is 0 Å². The van der Waals surface area contributed by atoms with Crippen LogP contribution in [0, 0.1) is 0 Å². The van der Waals surface area contributed by atoms with E-state index in [1.165, 1.54) is 56.9 Å². The molecule has 1 N–H and O–H groups in total. The molecule has 0 heterocycles. The summed E-state index contributed by atoms with van der Waals surface area (Å²) in [5.41, 5.74) is 1.38. The summed E-state index contributed by atoms with van der Waals surface area (Å²) in [5.74, 6) is 0.865. The SMILES string of the molecule is CCCCCCCCCCc1ccc(OCCOC(O)CC)cc1. The van der Waals surface area contributed by atoms with E-state index in [0.29, 0.717) is 19.6 Å². The third-order valence-corrected chi connectivity index (χ3v) is 4.25. The highest BCUT2D eigenvalue weighted by Gasteiger charge is 2.00. The largest absolute Gasteiger partial charge is 0.491 e. The summed E-state index contributed by atoms with van der Waals surface area (Å²) in [6.07, 6.45) is 12.0. The first-order chi connectivity index (χ1) is 11.8. The lowest BCUT2D eigenvalue weighted by Gasteiger charge is -2.11. The number of hydrogen-bond acceptors (Lipinski definition) is 3. The van der Waals surface area contributed by atoms with Crippen molar-refractivity contribution in [1.82, 2.24) is 0 Å². The van der Waals surface area contributed by atoms with Crippen molar-refractivity contribution in [2.24, 2.45) is 0 Å². The van der Waals surface area contributed by atoms with Crippen molar-refractivity contribution in [1.29, 1.82) is 0 Å². The summed E-state index contributed by atoms with van der Waals surface area (Å²) in [7, 11) is 0. The Kier molecular flexibility index (Phi) is 12.5. The molecule has 1 atom stereocenters. The molecule has 0 fully saturated rings. The summed E-state index contributed by atoms with van der Waals surface area (Å²) in [6, 6.07) is 8.35. The van der Waals surface area contributed by atoms with Crippen LogP contribution in [0.25, 0.3) is 0 Å². The minimum Gasteiger partial charge on any atom is -0.491 e. The zero-order valence-corrected chi connectivity index (χ0v) is 15.6. The predicted molar refractivity (Wildman–Crippen MR) is 101 cm³/mol. The summed E-state index contributed by atoms with van der Waals surface area (Å²) >= 11 is 0. The summed E-state index contributed by atoms with van der Waals surface area (Å²) < 4.78 is 10.8. The second-order valence-corrected chi connectivity index (χ2v) is 6.45. The number of aryl methyl sites for hydroxylation is 1. The molecule has 0 saturated carbocycles. The Labute approximate surface area is 148 Å². The second kappa shape index (κ2) is 14.3. The van der Waals surface area contributed by atoms with E-state index in [1.807, 2.05) is 19.1 Å². The van der Waals surface area contributed by atoms with Gasteiger partial charge in [0.1, 0.15) is 12.4 Å². The van der Waals surface area contributed by atoms with Gasteiger partial charge in [0.15, 0.2) is 6.29 Å². The number of aliphatic hydroxyl groups is 1. The molecule has 1 unspecified atom stereocenters. The van der Waals surface area contributed by atoms with E-state index in [9.17, 15) is 5.11 Å².